The summed E-state index contributed by atoms with van der Waals surface area (Å²) >= 11 is -4.78. The number of allylic oxidation sites excluding steroid dienone is 2. The maximum atomic E-state index is 8.64. The molecular formula is C40H45Cl2SiZr. The number of fused-ring (bicyclic) bond motifs is 2. The molecule has 4 aromatic rings. The number of aryl methyl sites for hydroxylation is 2. The van der Waals surface area contributed by atoms with Crippen LogP contribution in [0.25, 0.3) is 34.4 Å². The van der Waals surface area contributed by atoms with Crippen molar-refractivity contribution < 1.29 is 15.6 Å². The van der Waals surface area contributed by atoms with E-state index in [1.165, 1.54) is 66.8 Å². The first-order chi connectivity index (χ1) is 21.2. The van der Waals surface area contributed by atoms with Crippen molar-refractivity contribution in [2.75, 3.05) is 0 Å². The average Bonchev–Trinajstić information content (AvgIpc) is 3.64. The van der Waals surface area contributed by atoms with Gasteiger partial charge in [-0.3, -0.25) is 0 Å². The zero-order valence-electron chi connectivity index (χ0n) is 27.1. The molecule has 0 aromatic heterocycles. The van der Waals surface area contributed by atoms with E-state index >= 15 is 0 Å². The number of benzene rings is 4. The van der Waals surface area contributed by atoms with Crippen molar-refractivity contribution in [2.45, 2.75) is 73.7 Å². The van der Waals surface area contributed by atoms with E-state index in [1.807, 2.05) is 0 Å². The van der Waals surface area contributed by atoms with Crippen molar-refractivity contribution in [3.05, 3.63) is 129 Å². The second kappa shape index (κ2) is 12.3. The van der Waals surface area contributed by atoms with Crippen molar-refractivity contribution in [3.8, 4) is 22.3 Å². The molecule has 4 aromatic carbocycles. The van der Waals surface area contributed by atoms with Crippen LogP contribution in [0.2, 0.25) is 13.1 Å². The summed E-state index contributed by atoms with van der Waals surface area (Å²) in [5, 5.41) is 0. The van der Waals surface area contributed by atoms with Crippen molar-refractivity contribution in [1.82, 2.24) is 0 Å². The summed E-state index contributed by atoms with van der Waals surface area (Å²) in [6.45, 7) is 14.1. The van der Waals surface area contributed by atoms with Gasteiger partial charge in [-0.2, -0.15) is 0 Å². The van der Waals surface area contributed by atoms with Gasteiger partial charge >= 0.3 is 276 Å². The van der Waals surface area contributed by atoms with Crippen LogP contribution in [0.15, 0.2) is 96.1 Å². The van der Waals surface area contributed by atoms with Gasteiger partial charge in [-0.25, -0.2) is 0 Å². The molecule has 2 aliphatic carbocycles. The van der Waals surface area contributed by atoms with Gasteiger partial charge < -0.3 is 0 Å². The van der Waals surface area contributed by atoms with Crippen LogP contribution in [0.3, 0.4) is 0 Å². The second-order valence-electron chi connectivity index (χ2n) is 13.0. The van der Waals surface area contributed by atoms with Gasteiger partial charge in [0.15, 0.2) is 0 Å². The summed E-state index contributed by atoms with van der Waals surface area (Å²) in [5.41, 5.74) is 16.5. The van der Waals surface area contributed by atoms with Crippen LogP contribution in [0.1, 0.15) is 81.2 Å². The molecule has 227 valence electrons. The Morgan fingerprint density at radius 3 is 1.25 bits per heavy atom. The third-order valence-corrected chi connectivity index (χ3v) is 62.5. The van der Waals surface area contributed by atoms with Gasteiger partial charge in [0.05, 0.1) is 0 Å². The fourth-order valence-corrected chi connectivity index (χ4v) is 40.1. The first kappa shape index (κ1) is 32.0. The molecule has 2 atom stereocenters. The molecule has 2 unspecified atom stereocenters. The molecule has 0 fully saturated rings. The second-order valence-corrected chi connectivity index (χ2v) is 55.5. The van der Waals surface area contributed by atoms with E-state index < -0.39 is 21.5 Å². The molecule has 0 nitrogen and oxygen atoms in total. The summed E-state index contributed by atoms with van der Waals surface area (Å²) in [4.78, 5) is 0. The Morgan fingerprint density at radius 1 is 0.545 bits per heavy atom. The van der Waals surface area contributed by atoms with Gasteiger partial charge in [0, 0.05) is 0 Å². The van der Waals surface area contributed by atoms with Crippen molar-refractivity contribution in [3.63, 3.8) is 0 Å². The van der Waals surface area contributed by atoms with Crippen molar-refractivity contribution in [2.24, 2.45) is 0 Å². The number of halogens is 2. The SMILES string of the molecule is CCC1=Cc2c(ccc(CC)c2-c2ccccc2)[CH]1[Zr]([Cl])([Cl])([CH]1C(CC)=Cc2c1ccc(CC)c2-c1ccccc1)[SiH](C)C. The summed E-state index contributed by atoms with van der Waals surface area (Å²) in [6, 6.07) is 31.4. The van der Waals surface area contributed by atoms with E-state index in [4.69, 9.17) is 17.0 Å². The normalized spacial score (nSPS) is 18.4. The summed E-state index contributed by atoms with van der Waals surface area (Å²) in [6.07, 6.45) is 8.92. The van der Waals surface area contributed by atoms with Gasteiger partial charge in [-0.1, -0.05) is 0 Å². The van der Waals surface area contributed by atoms with Gasteiger partial charge in [0.25, 0.3) is 0 Å². The molecule has 44 heavy (non-hydrogen) atoms. The average molecular weight is 716 g/mol. The Balaban J connectivity index is 1.63. The molecule has 4 heteroatoms. The van der Waals surface area contributed by atoms with Crippen LogP contribution in [0.5, 0.6) is 0 Å². The Morgan fingerprint density at radius 2 is 0.932 bits per heavy atom. The number of rotatable bonds is 9. The zero-order valence-corrected chi connectivity index (χ0v) is 32.2. The molecule has 0 amide bonds. The van der Waals surface area contributed by atoms with Gasteiger partial charge in [-0.15, -0.1) is 0 Å². The van der Waals surface area contributed by atoms with Crippen molar-refractivity contribution in [1.29, 1.82) is 0 Å². The van der Waals surface area contributed by atoms with E-state index in [9.17, 15) is 0 Å². The topological polar surface area (TPSA) is 0 Å². The first-order valence-electron chi connectivity index (χ1n) is 16.6. The predicted octanol–water partition coefficient (Wildman–Crippen LogP) is 12.5. The summed E-state index contributed by atoms with van der Waals surface area (Å²) < 4.78 is 0.244. The molecular weight excluding hydrogens is 671 g/mol. The van der Waals surface area contributed by atoms with E-state index in [1.54, 1.807) is 0 Å². The van der Waals surface area contributed by atoms with E-state index in [-0.39, 0.29) is 7.25 Å². The zero-order chi connectivity index (χ0) is 31.2. The summed E-state index contributed by atoms with van der Waals surface area (Å²) in [7, 11) is 17.3. The molecule has 0 spiro atoms. The molecule has 0 N–H and O–H groups in total. The monoisotopic (exact) mass is 713 g/mol. The quantitative estimate of drug-likeness (QED) is 0.151. The molecule has 0 radical (unpaired) electrons. The van der Waals surface area contributed by atoms with Gasteiger partial charge in [0.2, 0.25) is 0 Å². The van der Waals surface area contributed by atoms with Gasteiger partial charge in [-0.05, 0) is 0 Å². The minimum atomic E-state index is -4.78. The summed E-state index contributed by atoms with van der Waals surface area (Å²) in [5.74, 6) is -1.60. The third kappa shape index (κ3) is 4.86. The molecule has 0 bridgehead atoms. The molecule has 2 aliphatic rings. The maximum absolute atomic E-state index is 8.64. The fraction of sp³-hybridized carbons (Fsp3) is 0.300. The molecule has 0 aliphatic heterocycles. The van der Waals surface area contributed by atoms with E-state index in [2.05, 4.69) is 138 Å². The Hall–Kier alpha value is -1.96. The molecule has 0 saturated heterocycles. The number of hydrogen-bond donors (Lipinski definition) is 0. The van der Waals surface area contributed by atoms with Crippen LogP contribution in [-0.4, -0.2) is 5.92 Å². The van der Waals surface area contributed by atoms with E-state index in [0.29, 0.717) is 0 Å². The standard InChI is InChI=1S/2C19H19.C2H7Si.2ClH.Zr/c2*1-3-14-12-17-11-10-15(4-2)19(18(17)13-14)16-8-6-5-7-9-16;1-3-2;;;/h2*5-13H,3-4H2,1-2H3;3H,1-2H3;2*1H;/q;;;;;+2/p-2. The Labute approximate surface area is 274 Å². The predicted molar refractivity (Wildman–Crippen MR) is 195 cm³/mol. The first-order valence-corrected chi connectivity index (χ1v) is 32.9. The van der Waals surface area contributed by atoms with Crippen molar-refractivity contribution >= 4 is 35.1 Å². The molecule has 6 rings (SSSR count). The van der Waals surface area contributed by atoms with Crippen LogP contribution in [0.4, 0.5) is 0 Å². The van der Waals surface area contributed by atoms with Crippen LogP contribution in [0, 0.1) is 0 Å². The Kier molecular flexibility index (Phi) is 8.97. The van der Waals surface area contributed by atoms with Crippen LogP contribution < -0.4 is 0 Å². The van der Waals surface area contributed by atoms with Crippen LogP contribution >= 0.6 is 17.0 Å². The molecule has 0 saturated carbocycles. The van der Waals surface area contributed by atoms with Gasteiger partial charge in [0.1, 0.15) is 0 Å². The fourth-order valence-electron chi connectivity index (χ4n) is 8.34. The molecule has 0 heterocycles. The minimum absolute atomic E-state index is 0.122. The van der Waals surface area contributed by atoms with E-state index in [0.717, 1.165) is 25.7 Å². The number of hydrogen-bond acceptors (Lipinski definition) is 0. The Bertz CT molecular complexity index is 1640. The van der Waals surface area contributed by atoms with Crippen LogP contribution in [-0.2, 0) is 28.4 Å². The third-order valence-electron chi connectivity index (χ3n) is 10.7.